The molecule has 0 aliphatic heterocycles. The number of hydrogen-bond acceptors (Lipinski definition) is 10. The molecule has 1 aromatic carbocycles. The smallest absolute Gasteiger partial charge is 0.434 e. The van der Waals surface area contributed by atoms with Crippen molar-refractivity contribution in [2.75, 3.05) is 12.0 Å². The van der Waals surface area contributed by atoms with Gasteiger partial charge in [0.15, 0.2) is 11.5 Å². The maximum absolute atomic E-state index is 13.2. The number of halogens is 3. The van der Waals surface area contributed by atoms with E-state index in [4.69, 9.17) is 4.74 Å². The zero-order valence-electron chi connectivity index (χ0n) is 23.4. The summed E-state index contributed by atoms with van der Waals surface area (Å²) < 4.78 is 46.2. The van der Waals surface area contributed by atoms with Gasteiger partial charge in [-0.2, -0.15) is 13.2 Å². The lowest BCUT2D eigenvalue weighted by atomic mass is 10.1. The molecule has 3 aromatic heterocycles. The molecule has 228 valence electrons. The third-order valence-corrected chi connectivity index (χ3v) is 7.78. The number of carbonyl (C=O) groups is 1. The molecule has 2 aliphatic carbocycles. The predicted molar refractivity (Wildman–Crippen MR) is 148 cm³/mol. The number of nitrogens with zero attached hydrogens (tertiary/aromatic N) is 8. The Hall–Kier alpha value is -5.15. The van der Waals surface area contributed by atoms with E-state index in [0.717, 1.165) is 25.2 Å². The van der Waals surface area contributed by atoms with Crippen molar-refractivity contribution in [3.05, 3.63) is 70.1 Å². The van der Waals surface area contributed by atoms with Crippen molar-refractivity contribution in [3.63, 3.8) is 0 Å². The van der Waals surface area contributed by atoms with Gasteiger partial charge < -0.3 is 19.3 Å². The highest BCUT2D eigenvalue weighted by Gasteiger charge is 2.57. The third kappa shape index (κ3) is 5.16. The van der Waals surface area contributed by atoms with Crippen LogP contribution in [0.2, 0.25) is 0 Å². The third-order valence-electron chi connectivity index (χ3n) is 7.78. The minimum absolute atomic E-state index is 0.0572. The predicted octanol–water partition coefficient (Wildman–Crippen LogP) is 4.77. The molecule has 13 nitrogen and oxygen atoms in total. The maximum Gasteiger partial charge on any atom is 0.434 e. The van der Waals surface area contributed by atoms with E-state index < -0.39 is 34.0 Å². The maximum atomic E-state index is 13.2. The van der Waals surface area contributed by atoms with Gasteiger partial charge >= 0.3 is 17.8 Å². The van der Waals surface area contributed by atoms with E-state index in [0.29, 0.717) is 22.4 Å². The van der Waals surface area contributed by atoms with E-state index in [-0.39, 0.29) is 48.7 Å². The lowest BCUT2D eigenvalue weighted by molar-refractivity contribution is -0.384. The Labute approximate surface area is 247 Å². The molecule has 0 unspecified atom stereocenters. The molecule has 2 saturated carbocycles. The molecule has 4 aromatic rings. The van der Waals surface area contributed by atoms with Gasteiger partial charge in [0.05, 0.1) is 17.7 Å². The summed E-state index contributed by atoms with van der Waals surface area (Å²) in [7, 11) is 2.87. The van der Waals surface area contributed by atoms with Crippen molar-refractivity contribution in [1.29, 1.82) is 0 Å². The minimum atomic E-state index is -4.60. The van der Waals surface area contributed by atoms with Crippen LogP contribution in [0.25, 0.3) is 22.8 Å². The summed E-state index contributed by atoms with van der Waals surface area (Å²) in [5.41, 5.74) is -1.02. The topological polar surface area (TPSA) is 162 Å². The molecule has 16 heteroatoms. The number of carboxylic acids is 1. The van der Waals surface area contributed by atoms with E-state index >= 15 is 0 Å². The fraction of sp³-hybridized carbons (Fsp3) is 0.357. The molecule has 0 spiro atoms. The van der Waals surface area contributed by atoms with Crippen LogP contribution >= 0.6 is 0 Å². The molecular formula is C28H25F3N8O5. The lowest BCUT2D eigenvalue weighted by Crippen LogP contribution is -2.44. The van der Waals surface area contributed by atoms with Crippen LogP contribution in [0.5, 0.6) is 5.88 Å². The second kappa shape index (κ2) is 10.5. The number of aryl methyl sites for hydroxylation is 1. The van der Waals surface area contributed by atoms with Crippen molar-refractivity contribution in [1.82, 2.24) is 29.5 Å². The summed E-state index contributed by atoms with van der Waals surface area (Å²) in [6.07, 6.45) is 0.879. The molecule has 0 radical (unpaired) electrons. The molecule has 3 heterocycles. The number of anilines is 1. The lowest BCUT2D eigenvalue weighted by Gasteiger charge is -2.30. The van der Waals surface area contributed by atoms with Gasteiger partial charge in [-0.25, -0.2) is 29.7 Å². The number of aromatic nitrogens is 6. The van der Waals surface area contributed by atoms with Crippen LogP contribution in [0, 0.1) is 10.1 Å². The highest BCUT2D eigenvalue weighted by Crippen LogP contribution is 2.49. The molecule has 2 aliphatic rings. The van der Waals surface area contributed by atoms with E-state index in [9.17, 15) is 33.2 Å². The van der Waals surface area contributed by atoms with Gasteiger partial charge in [-0.1, -0.05) is 24.3 Å². The van der Waals surface area contributed by atoms with Crippen LogP contribution in [0.3, 0.4) is 0 Å². The van der Waals surface area contributed by atoms with Crippen LogP contribution in [0.4, 0.5) is 24.7 Å². The summed E-state index contributed by atoms with van der Waals surface area (Å²) >= 11 is 0. The Morgan fingerprint density at radius 1 is 1.18 bits per heavy atom. The van der Waals surface area contributed by atoms with Crippen molar-refractivity contribution in [2.45, 2.75) is 49.9 Å². The van der Waals surface area contributed by atoms with Crippen molar-refractivity contribution in [3.8, 4) is 28.7 Å². The normalized spacial score (nSPS) is 15.6. The fourth-order valence-corrected chi connectivity index (χ4v) is 5.19. The Balaban J connectivity index is 1.42. The van der Waals surface area contributed by atoms with E-state index in [2.05, 4.69) is 24.9 Å². The number of alkyl halides is 3. The number of ether oxygens (including phenoxy) is 1. The van der Waals surface area contributed by atoms with Gasteiger partial charge in [-0.15, -0.1) is 0 Å². The SMILES string of the molecule is COc1ncnc(C2CC2)c1-c1ncc([N+](=O)[O-])c(N(Cc2ccc(-c3nc(C(F)(F)F)cn3C)cc2)C2(C(=O)O)CC2)n1. The number of carboxylic acid groups (broad SMARTS) is 1. The van der Waals surface area contributed by atoms with Crippen LogP contribution < -0.4 is 9.64 Å². The Morgan fingerprint density at radius 2 is 1.89 bits per heavy atom. The first-order valence-corrected chi connectivity index (χ1v) is 13.5. The van der Waals surface area contributed by atoms with Crippen LogP contribution in [0.15, 0.2) is 43.0 Å². The van der Waals surface area contributed by atoms with Crippen LogP contribution in [-0.2, 0) is 24.6 Å². The second-order valence-corrected chi connectivity index (χ2v) is 10.8. The number of imidazole rings is 1. The Bertz CT molecular complexity index is 1770. The van der Waals surface area contributed by atoms with Gasteiger partial charge in [0.25, 0.3) is 0 Å². The molecule has 0 atom stereocenters. The van der Waals surface area contributed by atoms with Crippen molar-refractivity contribution < 1.29 is 32.7 Å². The average Bonchev–Trinajstić information content (AvgIpc) is 3.93. The van der Waals surface area contributed by atoms with Gasteiger partial charge in [0.2, 0.25) is 11.7 Å². The number of aliphatic carboxylic acids is 1. The van der Waals surface area contributed by atoms with Crippen molar-refractivity contribution >= 4 is 17.5 Å². The first kappa shape index (κ1) is 28.9. The Kier molecular flexibility index (Phi) is 6.93. The molecule has 6 rings (SSSR count). The molecule has 0 bridgehead atoms. The summed E-state index contributed by atoms with van der Waals surface area (Å²) in [6.45, 7) is -0.101. The monoisotopic (exact) mass is 610 g/mol. The van der Waals surface area contributed by atoms with Gasteiger partial charge in [0.1, 0.15) is 29.5 Å². The summed E-state index contributed by atoms with van der Waals surface area (Å²) in [4.78, 5) is 46.5. The number of benzene rings is 1. The van der Waals surface area contributed by atoms with E-state index in [1.807, 2.05) is 0 Å². The number of methoxy groups -OCH3 is 1. The number of rotatable bonds is 10. The second-order valence-electron chi connectivity index (χ2n) is 10.8. The zero-order chi connectivity index (χ0) is 31.4. The first-order valence-electron chi connectivity index (χ1n) is 13.5. The van der Waals surface area contributed by atoms with Crippen LogP contribution in [-0.4, -0.2) is 58.1 Å². The van der Waals surface area contributed by atoms with E-state index in [1.165, 1.54) is 30.0 Å². The molecule has 0 saturated heterocycles. The summed E-state index contributed by atoms with van der Waals surface area (Å²) in [6, 6.07) is 6.33. The Morgan fingerprint density at radius 3 is 2.43 bits per heavy atom. The molecular weight excluding hydrogens is 585 g/mol. The van der Waals surface area contributed by atoms with Crippen LogP contribution in [0.1, 0.15) is 48.6 Å². The standard InChI is InChI=1S/C28H25F3N8O5/c1-37-13-19(28(29,30)31)35-23(37)17-5-3-15(4-6-17)12-38(27(9-10-27)26(40)41)24-18(39(42)43)11-32-22(36-24)20-21(16-7-8-16)33-14-34-25(20)44-2/h3-6,11,13-14,16H,7-10,12H2,1-2H3,(H,40,41). The van der Waals surface area contributed by atoms with Crippen molar-refractivity contribution in [2.24, 2.45) is 7.05 Å². The first-order chi connectivity index (χ1) is 20.9. The summed E-state index contributed by atoms with van der Waals surface area (Å²) in [5, 5.41) is 22.4. The number of nitro groups is 1. The van der Waals surface area contributed by atoms with Gasteiger partial charge in [0, 0.05) is 31.3 Å². The number of hydrogen-bond donors (Lipinski definition) is 1. The molecule has 2 fully saturated rings. The molecule has 0 amide bonds. The minimum Gasteiger partial charge on any atom is -0.480 e. The van der Waals surface area contributed by atoms with Gasteiger partial charge in [-0.3, -0.25) is 10.1 Å². The quantitative estimate of drug-likeness (QED) is 0.194. The van der Waals surface area contributed by atoms with Gasteiger partial charge in [-0.05, 0) is 31.2 Å². The zero-order valence-corrected chi connectivity index (χ0v) is 23.4. The van der Waals surface area contributed by atoms with E-state index in [1.54, 1.807) is 24.3 Å². The fourth-order valence-electron chi connectivity index (χ4n) is 5.19. The molecule has 1 N–H and O–H groups in total. The highest BCUT2D eigenvalue weighted by atomic mass is 19.4. The highest BCUT2D eigenvalue weighted by molar-refractivity contribution is 5.88. The molecule has 44 heavy (non-hydrogen) atoms. The summed E-state index contributed by atoms with van der Waals surface area (Å²) in [5.74, 6) is -0.913. The largest absolute Gasteiger partial charge is 0.480 e. The average molecular weight is 611 g/mol.